The van der Waals surface area contributed by atoms with Crippen LogP contribution in [0.15, 0.2) is 54.6 Å². The zero-order valence-corrected chi connectivity index (χ0v) is 26.1. The largest absolute Gasteiger partial charge is 0.444 e. The first-order chi connectivity index (χ1) is 20.6. The molecule has 2 aliphatic heterocycles. The second kappa shape index (κ2) is 11.9. The number of imidazole rings is 1. The summed E-state index contributed by atoms with van der Waals surface area (Å²) in [5.74, 6) is 1.00. The SMILES string of the molecule is Cc1nc2ccccc2n1C1CC2CCC(C1)N2CC[C@H](NC(=O)C1(NC(=O)OC(C)(C)C)CCCC1)c1ccccc1. The molecule has 3 aromatic rings. The van der Waals surface area contributed by atoms with Crippen LogP contribution in [0.5, 0.6) is 0 Å². The van der Waals surface area contributed by atoms with Crippen molar-refractivity contribution in [3.8, 4) is 0 Å². The van der Waals surface area contributed by atoms with Gasteiger partial charge in [-0.3, -0.25) is 9.69 Å². The first-order valence-corrected chi connectivity index (χ1v) is 16.2. The highest BCUT2D eigenvalue weighted by molar-refractivity contribution is 5.90. The lowest BCUT2D eigenvalue weighted by molar-refractivity contribution is -0.128. The Bertz CT molecular complexity index is 1420. The molecular weight excluding hydrogens is 538 g/mol. The third-order valence-corrected chi connectivity index (χ3v) is 9.81. The van der Waals surface area contributed by atoms with Gasteiger partial charge >= 0.3 is 6.09 Å². The Morgan fingerprint density at radius 3 is 2.30 bits per heavy atom. The van der Waals surface area contributed by atoms with Crippen LogP contribution in [0.3, 0.4) is 0 Å². The predicted molar refractivity (Wildman–Crippen MR) is 169 cm³/mol. The van der Waals surface area contributed by atoms with Gasteiger partial charge in [0.25, 0.3) is 0 Å². The summed E-state index contributed by atoms with van der Waals surface area (Å²) in [5, 5.41) is 6.36. The average Bonchev–Trinajstić information content (AvgIpc) is 3.63. The molecule has 230 valence electrons. The highest BCUT2D eigenvalue weighted by Gasteiger charge is 2.45. The van der Waals surface area contributed by atoms with E-state index in [-0.39, 0.29) is 11.9 Å². The van der Waals surface area contributed by atoms with Crippen molar-refractivity contribution in [3.05, 3.63) is 66.0 Å². The lowest BCUT2D eigenvalue weighted by Gasteiger charge is -2.40. The molecule has 0 spiro atoms. The van der Waals surface area contributed by atoms with Crippen LogP contribution in [0, 0.1) is 6.92 Å². The molecule has 1 aromatic heterocycles. The number of nitrogens with zero attached hydrogens (tertiary/aromatic N) is 3. The van der Waals surface area contributed by atoms with Crippen LogP contribution in [-0.4, -0.2) is 56.2 Å². The van der Waals surface area contributed by atoms with Crippen molar-refractivity contribution in [1.82, 2.24) is 25.1 Å². The fraction of sp³-hybridized carbons (Fsp3) is 0.571. The Morgan fingerprint density at radius 1 is 0.977 bits per heavy atom. The predicted octanol–water partition coefficient (Wildman–Crippen LogP) is 6.60. The van der Waals surface area contributed by atoms with Crippen molar-refractivity contribution in [1.29, 1.82) is 0 Å². The van der Waals surface area contributed by atoms with Gasteiger partial charge in [-0.25, -0.2) is 9.78 Å². The molecular formula is C35H47N5O3. The van der Waals surface area contributed by atoms with Gasteiger partial charge in [-0.1, -0.05) is 55.3 Å². The summed E-state index contributed by atoms with van der Waals surface area (Å²) in [4.78, 5) is 34.3. The topological polar surface area (TPSA) is 88.5 Å². The number of aromatic nitrogens is 2. The monoisotopic (exact) mass is 585 g/mol. The minimum Gasteiger partial charge on any atom is -0.444 e. The Kier molecular flexibility index (Phi) is 8.24. The quantitative estimate of drug-likeness (QED) is 0.311. The number of ether oxygens (including phenoxy) is 1. The average molecular weight is 586 g/mol. The van der Waals surface area contributed by atoms with E-state index in [4.69, 9.17) is 9.72 Å². The number of amides is 2. The van der Waals surface area contributed by atoms with Gasteiger partial charge in [0.2, 0.25) is 5.91 Å². The van der Waals surface area contributed by atoms with Crippen LogP contribution in [0.25, 0.3) is 11.0 Å². The number of hydrogen-bond donors (Lipinski definition) is 2. The molecule has 2 bridgehead atoms. The normalized spacial score (nSPS) is 24.1. The molecule has 43 heavy (non-hydrogen) atoms. The van der Waals surface area contributed by atoms with Gasteiger partial charge in [-0.2, -0.15) is 0 Å². The van der Waals surface area contributed by atoms with Gasteiger partial charge in [0, 0.05) is 24.7 Å². The number of hydrogen-bond acceptors (Lipinski definition) is 5. The molecule has 8 nitrogen and oxygen atoms in total. The Hall–Kier alpha value is -3.39. The molecule has 3 atom stereocenters. The molecule has 2 amide bonds. The number of para-hydroxylation sites is 2. The first kappa shape index (κ1) is 29.7. The van der Waals surface area contributed by atoms with Crippen LogP contribution < -0.4 is 10.6 Å². The number of benzene rings is 2. The highest BCUT2D eigenvalue weighted by Crippen LogP contribution is 2.43. The molecule has 2 aromatic carbocycles. The minimum absolute atomic E-state index is 0.103. The van der Waals surface area contributed by atoms with Crippen molar-refractivity contribution in [2.75, 3.05) is 6.54 Å². The second-order valence-electron chi connectivity index (χ2n) is 13.9. The minimum atomic E-state index is -0.932. The van der Waals surface area contributed by atoms with E-state index in [1.807, 2.05) is 39.0 Å². The van der Waals surface area contributed by atoms with Crippen molar-refractivity contribution >= 4 is 23.0 Å². The van der Waals surface area contributed by atoms with Crippen LogP contribution >= 0.6 is 0 Å². The maximum atomic E-state index is 14.0. The maximum absolute atomic E-state index is 14.0. The number of nitrogens with one attached hydrogen (secondary N) is 2. The molecule has 1 saturated carbocycles. The van der Waals surface area contributed by atoms with Gasteiger partial charge in [0.1, 0.15) is 17.0 Å². The number of carbonyl (C=O) groups is 2. The van der Waals surface area contributed by atoms with Crippen LogP contribution in [-0.2, 0) is 9.53 Å². The van der Waals surface area contributed by atoms with Crippen LogP contribution in [0.1, 0.15) is 102 Å². The summed E-state index contributed by atoms with van der Waals surface area (Å²) in [6, 6.07) is 20.2. The second-order valence-corrected chi connectivity index (χ2v) is 13.9. The number of rotatable bonds is 8. The molecule has 1 aliphatic carbocycles. The first-order valence-electron chi connectivity index (χ1n) is 16.2. The fourth-order valence-corrected chi connectivity index (χ4v) is 7.92. The van der Waals surface area contributed by atoms with E-state index in [0.29, 0.717) is 31.0 Å². The van der Waals surface area contributed by atoms with Crippen molar-refractivity contribution in [2.45, 2.75) is 121 Å². The molecule has 6 rings (SSSR count). The zero-order chi connectivity index (χ0) is 30.2. The van der Waals surface area contributed by atoms with Crippen molar-refractivity contribution < 1.29 is 14.3 Å². The van der Waals surface area contributed by atoms with E-state index >= 15 is 0 Å². The van der Waals surface area contributed by atoms with E-state index in [0.717, 1.165) is 55.6 Å². The third-order valence-electron chi connectivity index (χ3n) is 9.81. The number of aryl methyl sites for hydroxylation is 1. The molecule has 2 saturated heterocycles. The van der Waals surface area contributed by atoms with Gasteiger partial charge in [0.05, 0.1) is 17.1 Å². The molecule has 0 radical (unpaired) electrons. The van der Waals surface area contributed by atoms with Gasteiger partial charge in [0.15, 0.2) is 0 Å². The summed E-state index contributed by atoms with van der Waals surface area (Å²) in [6.45, 7) is 8.59. The van der Waals surface area contributed by atoms with E-state index in [1.54, 1.807) is 0 Å². The van der Waals surface area contributed by atoms with Gasteiger partial charge in [-0.15, -0.1) is 0 Å². The summed E-state index contributed by atoms with van der Waals surface area (Å²) in [5.41, 5.74) is 1.87. The fourth-order valence-electron chi connectivity index (χ4n) is 7.92. The smallest absolute Gasteiger partial charge is 0.408 e. The third kappa shape index (κ3) is 6.30. The van der Waals surface area contributed by atoms with Crippen LogP contribution in [0.2, 0.25) is 0 Å². The van der Waals surface area contributed by atoms with E-state index in [9.17, 15) is 9.59 Å². The Labute approximate surface area is 255 Å². The van der Waals surface area contributed by atoms with E-state index in [1.165, 1.54) is 18.4 Å². The van der Waals surface area contributed by atoms with Gasteiger partial charge in [-0.05, 0) is 90.3 Å². The number of alkyl carbamates (subject to hydrolysis) is 1. The zero-order valence-electron chi connectivity index (χ0n) is 26.1. The van der Waals surface area contributed by atoms with Gasteiger partial charge < -0.3 is 19.9 Å². The van der Waals surface area contributed by atoms with Crippen molar-refractivity contribution in [3.63, 3.8) is 0 Å². The number of carbonyl (C=O) groups excluding carboxylic acids is 2. The summed E-state index contributed by atoms with van der Waals surface area (Å²) in [7, 11) is 0. The molecule has 3 heterocycles. The standard InChI is InChI=1S/C35H47N5O3/c1-24-36-30-14-8-9-15-31(30)40(24)28-22-26-16-17-27(23-28)39(26)21-18-29(25-12-6-5-7-13-25)37-32(41)35(19-10-11-20-35)38-33(42)43-34(2,3)4/h5-9,12-15,26-29H,10-11,16-23H2,1-4H3,(H,37,41)(H,38,42)/t26?,27?,28?,29-/m0/s1. The van der Waals surface area contributed by atoms with E-state index in [2.05, 4.69) is 63.4 Å². The number of fused-ring (bicyclic) bond motifs is 3. The number of piperidine rings is 1. The summed E-state index contributed by atoms with van der Waals surface area (Å²) >= 11 is 0. The lowest BCUT2D eigenvalue weighted by atomic mass is 9.93. The Morgan fingerprint density at radius 2 is 1.63 bits per heavy atom. The molecule has 3 fully saturated rings. The molecule has 2 N–H and O–H groups in total. The summed E-state index contributed by atoms with van der Waals surface area (Å²) < 4.78 is 8.02. The molecule has 3 aliphatic rings. The Balaban J connectivity index is 1.15. The molecule has 2 unspecified atom stereocenters. The van der Waals surface area contributed by atoms with Crippen molar-refractivity contribution in [2.24, 2.45) is 0 Å². The molecule has 8 heteroatoms. The van der Waals surface area contributed by atoms with E-state index < -0.39 is 17.2 Å². The highest BCUT2D eigenvalue weighted by atomic mass is 16.6. The van der Waals surface area contributed by atoms with Crippen LogP contribution in [0.4, 0.5) is 4.79 Å². The lowest BCUT2D eigenvalue weighted by Crippen LogP contribution is -2.58. The maximum Gasteiger partial charge on any atom is 0.408 e. The summed E-state index contributed by atoms with van der Waals surface area (Å²) in [6.07, 6.45) is 8.05.